The number of carbonyl (C=O) groups is 1. The van der Waals surface area contributed by atoms with Gasteiger partial charge in [-0.2, -0.15) is 0 Å². The van der Waals surface area contributed by atoms with Gasteiger partial charge in [0.1, 0.15) is 18.0 Å². The van der Waals surface area contributed by atoms with Crippen molar-refractivity contribution in [1.29, 1.82) is 0 Å². The molecule has 2 rings (SSSR count). The van der Waals surface area contributed by atoms with Crippen LogP contribution >= 0.6 is 0 Å². The van der Waals surface area contributed by atoms with Gasteiger partial charge in [-0.1, -0.05) is 0 Å². The van der Waals surface area contributed by atoms with Crippen molar-refractivity contribution in [2.75, 3.05) is 23.7 Å². The third kappa shape index (κ3) is 2.46. The van der Waals surface area contributed by atoms with Gasteiger partial charge in [-0.3, -0.25) is 4.79 Å². The van der Waals surface area contributed by atoms with Crippen molar-refractivity contribution < 1.29 is 4.79 Å². The van der Waals surface area contributed by atoms with Gasteiger partial charge in [0.05, 0.1) is 0 Å². The van der Waals surface area contributed by atoms with Crippen LogP contribution in [0.15, 0.2) is 6.33 Å². The Bertz CT molecular complexity index is 434. The second-order valence-corrected chi connectivity index (χ2v) is 4.34. The van der Waals surface area contributed by atoms with Crippen LogP contribution < -0.4 is 16.0 Å². The molecule has 1 aromatic heterocycles. The molecule has 6 nitrogen and oxygen atoms in total. The number of rotatable bonds is 2. The predicted octanol–water partition coefficient (Wildman–Crippen LogP) is 0.0820. The highest BCUT2D eigenvalue weighted by molar-refractivity contribution is 5.73. The van der Waals surface area contributed by atoms with E-state index in [2.05, 4.69) is 20.2 Å². The summed E-state index contributed by atoms with van der Waals surface area (Å²) >= 11 is 0. The first-order chi connectivity index (χ1) is 8.08. The second kappa shape index (κ2) is 4.57. The monoisotopic (exact) mass is 235 g/mol. The van der Waals surface area contributed by atoms with Gasteiger partial charge in [0, 0.05) is 31.6 Å². The van der Waals surface area contributed by atoms with E-state index in [1.54, 1.807) is 0 Å². The Labute approximate surface area is 100 Å². The lowest BCUT2D eigenvalue weighted by Crippen LogP contribution is -2.35. The van der Waals surface area contributed by atoms with E-state index in [0.29, 0.717) is 5.82 Å². The van der Waals surface area contributed by atoms with Gasteiger partial charge in [-0.05, 0) is 13.3 Å². The zero-order valence-electron chi connectivity index (χ0n) is 10.1. The van der Waals surface area contributed by atoms with Crippen LogP contribution in [0.5, 0.6) is 0 Å². The normalized spacial score (nSPS) is 19.4. The highest BCUT2D eigenvalue weighted by Crippen LogP contribution is 2.23. The average Bonchev–Trinajstić information content (AvgIpc) is 2.69. The summed E-state index contributed by atoms with van der Waals surface area (Å²) in [6, 6.07) is 0.197. The number of hydrogen-bond donors (Lipinski definition) is 2. The quantitative estimate of drug-likeness (QED) is 0.758. The van der Waals surface area contributed by atoms with Gasteiger partial charge < -0.3 is 16.0 Å². The Balaban J connectivity index is 2.10. The predicted molar refractivity (Wildman–Crippen MR) is 65.6 cm³/mol. The molecule has 1 amide bonds. The highest BCUT2D eigenvalue weighted by Gasteiger charge is 2.25. The van der Waals surface area contributed by atoms with Crippen LogP contribution in [-0.2, 0) is 4.79 Å². The van der Waals surface area contributed by atoms with Crippen molar-refractivity contribution >= 4 is 17.5 Å². The molecule has 1 aliphatic rings. The molecule has 1 atom stereocenters. The average molecular weight is 235 g/mol. The zero-order valence-corrected chi connectivity index (χ0v) is 10.1. The van der Waals surface area contributed by atoms with E-state index in [1.807, 2.05) is 6.92 Å². The van der Waals surface area contributed by atoms with Crippen LogP contribution in [0.2, 0.25) is 0 Å². The molecule has 1 saturated heterocycles. The number of nitrogens with one attached hydrogen (secondary N) is 1. The molecule has 0 spiro atoms. The third-order valence-corrected chi connectivity index (χ3v) is 2.99. The standard InChI is InChI=1S/C11H17N5O/c1-7-10(12)13-6-14-11(7)16-4-3-9(5-16)15-8(2)17/h6,9H,3-5H2,1-2H3,(H,15,17)(H2,12,13,14). The molecule has 0 aliphatic carbocycles. The summed E-state index contributed by atoms with van der Waals surface area (Å²) in [4.78, 5) is 21.3. The summed E-state index contributed by atoms with van der Waals surface area (Å²) in [5.74, 6) is 1.39. The summed E-state index contributed by atoms with van der Waals surface area (Å²) < 4.78 is 0. The number of carbonyl (C=O) groups excluding carboxylic acids is 1. The minimum Gasteiger partial charge on any atom is -0.383 e. The molecule has 0 radical (unpaired) electrons. The zero-order chi connectivity index (χ0) is 12.4. The maximum absolute atomic E-state index is 11.0. The third-order valence-electron chi connectivity index (χ3n) is 2.99. The summed E-state index contributed by atoms with van der Waals surface area (Å²) in [7, 11) is 0. The number of nitrogens with zero attached hydrogens (tertiary/aromatic N) is 3. The molecule has 92 valence electrons. The Morgan fingerprint density at radius 2 is 2.35 bits per heavy atom. The first-order valence-electron chi connectivity index (χ1n) is 5.67. The van der Waals surface area contributed by atoms with E-state index in [1.165, 1.54) is 13.3 Å². The number of anilines is 2. The summed E-state index contributed by atoms with van der Waals surface area (Å²) in [5.41, 5.74) is 6.66. The minimum atomic E-state index is 0.00998. The molecule has 2 heterocycles. The van der Waals surface area contributed by atoms with Crippen LogP contribution in [0, 0.1) is 6.92 Å². The molecule has 1 fully saturated rings. The first kappa shape index (κ1) is 11.6. The van der Waals surface area contributed by atoms with Crippen molar-refractivity contribution in [3.8, 4) is 0 Å². The maximum Gasteiger partial charge on any atom is 0.217 e. The van der Waals surface area contributed by atoms with Gasteiger partial charge >= 0.3 is 0 Å². The van der Waals surface area contributed by atoms with E-state index in [-0.39, 0.29) is 11.9 Å². The minimum absolute atomic E-state index is 0.00998. The van der Waals surface area contributed by atoms with Crippen LogP contribution in [-0.4, -0.2) is 35.0 Å². The fraction of sp³-hybridized carbons (Fsp3) is 0.545. The van der Waals surface area contributed by atoms with Crippen molar-refractivity contribution in [1.82, 2.24) is 15.3 Å². The number of amides is 1. The van der Waals surface area contributed by atoms with E-state index in [9.17, 15) is 4.79 Å². The lowest BCUT2D eigenvalue weighted by molar-refractivity contribution is -0.119. The summed E-state index contributed by atoms with van der Waals surface area (Å²) in [6.45, 7) is 5.10. The topological polar surface area (TPSA) is 84.1 Å². The van der Waals surface area contributed by atoms with E-state index in [0.717, 1.165) is 30.9 Å². The lowest BCUT2D eigenvalue weighted by Gasteiger charge is -2.19. The lowest BCUT2D eigenvalue weighted by atomic mass is 10.2. The maximum atomic E-state index is 11.0. The molecular formula is C11H17N5O. The van der Waals surface area contributed by atoms with Gasteiger partial charge in [0.2, 0.25) is 5.91 Å². The molecule has 6 heteroatoms. The second-order valence-electron chi connectivity index (χ2n) is 4.34. The number of hydrogen-bond acceptors (Lipinski definition) is 5. The van der Waals surface area contributed by atoms with Crippen molar-refractivity contribution in [2.24, 2.45) is 0 Å². The number of aromatic nitrogens is 2. The number of nitrogens with two attached hydrogens (primary N) is 1. The smallest absolute Gasteiger partial charge is 0.217 e. The highest BCUT2D eigenvalue weighted by atomic mass is 16.1. The van der Waals surface area contributed by atoms with Crippen molar-refractivity contribution in [3.05, 3.63) is 11.9 Å². The summed E-state index contributed by atoms with van der Waals surface area (Å²) in [5, 5.41) is 2.92. The Kier molecular flexibility index (Phi) is 3.12. The van der Waals surface area contributed by atoms with E-state index in [4.69, 9.17) is 5.73 Å². The van der Waals surface area contributed by atoms with Crippen LogP contribution in [0.3, 0.4) is 0 Å². The molecule has 0 saturated carbocycles. The molecule has 1 aromatic rings. The van der Waals surface area contributed by atoms with Crippen molar-refractivity contribution in [3.63, 3.8) is 0 Å². The molecule has 1 aliphatic heterocycles. The molecule has 0 bridgehead atoms. The Hall–Kier alpha value is -1.85. The molecule has 17 heavy (non-hydrogen) atoms. The summed E-state index contributed by atoms with van der Waals surface area (Å²) in [6.07, 6.45) is 2.41. The van der Waals surface area contributed by atoms with Crippen LogP contribution in [0.25, 0.3) is 0 Å². The Morgan fingerprint density at radius 1 is 1.59 bits per heavy atom. The first-order valence-corrected chi connectivity index (χ1v) is 5.67. The fourth-order valence-electron chi connectivity index (χ4n) is 2.13. The molecule has 1 unspecified atom stereocenters. The van der Waals surface area contributed by atoms with E-state index < -0.39 is 0 Å². The van der Waals surface area contributed by atoms with Gasteiger partial charge in [-0.25, -0.2) is 9.97 Å². The Morgan fingerprint density at radius 3 is 3.06 bits per heavy atom. The largest absolute Gasteiger partial charge is 0.383 e. The van der Waals surface area contributed by atoms with Gasteiger partial charge in [0.25, 0.3) is 0 Å². The van der Waals surface area contributed by atoms with Gasteiger partial charge in [-0.15, -0.1) is 0 Å². The molecular weight excluding hydrogens is 218 g/mol. The van der Waals surface area contributed by atoms with Crippen LogP contribution in [0.4, 0.5) is 11.6 Å². The fourth-order valence-corrected chi connectivity index (χ4v) is 2.13. The van der Waals surface area contributed by atoms with E-state index >= 15 is 0 Å². The number of nitrogen functional groups attached to an aromatic ring is 1. The molecule has 3 N–H and O–H groups in total. The molecule has 0 aromatic carbocycles. The SMILES string of the molecule is CC(=O)NC1CCN(c2ncnc(N)c2C)C1. The van der Waals surface area contributed by atoms with Gasteiger partial charge in [0.15, 0.2) is 0 Å². The van der Waals surface area contributed by atoms with Crippen molar-refractivity contribution in [2.45, 2.75) is 26.3 Å². The van der Waals surface area contributed by atoms with Crippen LogP contribution in [0.1, 0.15) is 18.9 Å².